The van der Waals surface area contributed by atoms with Crippen molar-refractivity contribution in [3.05, 3.63) is 58.6 Å². The number of ether oxygens (including phenoxy) is 2. The molecule has 3 aliphatic heterocycles. The van der Waals surface area contributed by atoms with Gasteiger partial charge in [-0.25, -0.2) is 17.6 Å². The molecule has 0 spiro atoms. The summed E-state index contributed by atoms with van der Waals surface area (Å²) in [5, 5.41) is 4.04. The number of aromatic nitrogens is 1. The Balaban J connectivity index is 1.33. The number of piperazine rings is 1. The van der Waals surface area contributed by atoms with E-state index in [9.17, 15) is 13.2 Å². The van der Waals surface area contributed by atoms with E-state index in [2.05, 4.69) is 24.1 Å². The molecule has 3 aliphatic rings. The van der Waals surface area contributed by atoms with Gasteiger partial charge >= 0.3 is 6.09 Å². The molecule has 3 saturated heterocycles. The van der Waals surface area contributed by atoms with Gasteiger partial charge in [-0.2, -0.15) is 4.31 Å². The zero-order valence-corrected chi connectivity index (χ0v) is 30.3. The first-order valence-electron chi connectivity index (χ1n) is 17.1. The van der Waals surface area contributed by atoms with Crippen LogP contribution in [0.15, 0.2) is 36.7 Å². The van der Waals surface area contributed by atoms with E-state index in [1.807, 2.05) is 45.0 Å². The van der Waals surface area contributed by atoms with Gasteiger partial charge in [-0.15, -0.1) is 0 Å². The minimum absolute atomic E-state index is 0.01000. The fourth-order valence-electron chi connectivity index (χ4n) is 7.75. The summed E-state index contributed by atoms with van der Waals surface area (Å²) in [4.78, 5) is 19.0. The van der Waals surface area contributed by atoms with Crippen molar-refractivity contribution >= 4 is 33.4 Å². The first kappa shape index (κ1) is 36.8. The molecule has 1 aromatic heterocycles. The number of nitrogens with two attached hydrogens (primary N) is 1. The predicted octanol–water partition coefficient (Wildman–Crippen LogP) is 5.95. The number of sulfonamides is 1. The summed E-state index contributed by atoms with van der Waals surface area (Å²) in [5.41, 5.74) is 8.29. The van der Waals surface area contributed by atoms with Crippen molar-refractivity contribution < 1.29 is 27.1 Å². The van der Waals surface area contributed by atoms with Crippen molar-refractivity contribution in [2.75, 3.05) is 30.7 Å². The molecule has 1 aromatic carbocycles. The number of carbonyl (C=O) groups excluding carboxylic acids is 1. The van der Waals surface area contributed by atoms with Gasteiger partial charge in [0.25, 0.3) is 0 Å². The van der Waals surface area contributed by atoms with Crippen LogP contribution < -0.4 is 11.1 Å². The molecule has 2 bridgehead atoms. The van der Waals surface area contributed by atoms with Gasteiger partial charge in [0.15, 0.2) is 0 Å². The molecule has 4 heterocycles. The summed E-state index contributed by atoms with van der Waals surface area (Å²) in [5.74, 6) is -0.164. The molecule has 0 saturated carbocycles. The lowest BCUT2D eigenvalue weighted by Crippen LogP contribution is -2.60. The van der Waals surface area contributed by atoms with Crippen LogP contribution in [-0.2, 0) is 25.9 Å². The van der Waals surface area contributed by atoms with Crippen molar-refractivity contribution in [2.45, 2.75) is 115 Å². The fraction of sp³-hybridized carbons (Fsp3) is 0.657. The van der Waals surface area contributed by atoms with Gasteiger partial charge in [0.05, 0.1) is 36.0 Å². The largest absolute Gasteiger partial charge is 0.444 e. The average molecular weight is 708 g/mol. The van der Waals surface area contributed by atoms with Crippen molar-refractivity contribution in [3.8, 4) is 0 Å². The number of fused-ring (bicyclic) bond motifs is 2. The Bertz CT molecular complexity index is 1510. The standard InChI is InChI=1S/C35H51ClFN5O5S/c1-22-15-25(16-23(2)46-22)33(24-8-10-26(36)11-9-24)31(38)18-40-32-19-39-17-30(37)29(32)13-12-28-20-41(34(43)47-35(3,4)5)27-7-6-14-48(44,45)42(28)21-27/h8-11,17,19,22-23,25,27-28,31,33,40H,6-7,12-16,18,20-21,38H2,1-5H3/t22?,23?,25?,27?,28?,31-,33-/m0/s1. The van der Waals surface area contributed by atoms with Crippen LogP contribution in [0.25, 0.3) is 0 Å². The number of nitrogens with zero attached hydrogens (tertiary/aromatic N) is 3. The third-order valence-corrected chi connectivity index (χ3v) is 12.0. The van der Waals surface area contributed by atoms with Crippen molar-refractivity contribution in [1.29, 1.82) is 0 Å². The molecule has 3 fully saturated rings. The Morgan fingerprint density at radius 1 is 1.17 bits per heavy atom. The topological polar surface area (TPSA) is 127 Å². The minimum Gasteiger partial charge on any atom is -0.444 e. The number of carbonyl (C=O) groups is 1. The molecule has 266 valence electrons. The third kappa shape index (κ3) is 8.98. The molecule has 0 radical (unpaired) electrons. The van der Waals surface area contributed by atoms with Gasteiger partial charge in [-0.05, 0) is 96.8 Å². The first-order chi connectivity index (χ1) is 22.6. The van der Waals surface area contributed by atoms with E-state index in [1.54, 1.807) is 11.1 Å². The number of anilines is 1. The van der Waals surface area contributed by atoms with E-state index in [0.29, 0.717) is 42.1 Å². The fourth-order valence-corrected chi connectivity index (χ4v) is 9.66. The highest BCUT2D eigenvalue weighted by atomic mass is 35.5. The van der Waals surface area contributed by atoms with Gasteiger partial charge in [-0.3, -0.25) is 4.98 Å². The van der Waals surface area contributed by atoms with Crippen LogP contribution >= 0.6 is 11.6 Å². The second-order valence-corrected chi connectivity index (χ2v) is 17.2. The number of hydrogen-bond donors (Lipinski definition) is 2. The Hall–Kier alpha value is -2.51. The van der Waals surface area contributed by atoms with Crippen LogP contribution in [-0.4, -0.2) is 90.0 Å². The molecular formula is C35H51ClFN5O5S. The molecule has 10 nitrogen and oxygen atoms in total. The lowest BCUT2D eigenvalue weighted by Gasteiger charge is -2.44. The second kappa shape index (κ2) is 15.2. The monoisotopic (exact) mass is 707 g/mol. The SMILES string of the molecule is CC1CC([C@H](c2ccc(Cl)cc2)[C@@H](N)CNc2cncc(F)c2CCC2CN(C(=O)OC(C)(C)C)C3CCCS(=O)(=O)N2C3)CC(C)O1. The van der Waals surface area contributed by atoms with Gasteiger partial charge in [-0.1, -0.05) is 23.7 Å². The van der Waals surface area contributed by atoms with Crippen molar-refractivity contribution in [1.82, 2.24) is 14.2 Å². The van der Waals surface area contributed by atoms with Crippen LogP contribution in [0.1, 0.15) is 83.8 Å². The lowest BCUT2D eigenvalue weighted by atomic mass is 9.74. The molecule has 7 atom stereocenters. The van der Waals surface area contributed by atoms with Gasteiger partial charge in [0.2, 0.25) is 10.0 Å². The van der Waals surface area contributed by atoms with E-state index < -0.39 is 33.6 Å². The van der Waals surface area contributed by atoms with Crippen LogP contribution in [0.5, 0.6) is 0 Å². The molecule has 48 heavy (non-hydrogen) atoms. The van der Waals surface area contributed by atoms with E-state index in [0.717, 1.165) is 18.4 Å². The number of benzene rings is 1. The molecule has 5 unspecified atom stereocenters. The summed E-state index contributed by atoms with van der Waals surface area (Å²) in [6, 6.07) is 6.72. The van der Waals surface area contributed by atoms with Crippen LogP contribution in [0.4, 0.5) is 14.9 Å². The van der Waals surface area contributed by atoms with Crippen LogP contribution in [0.3, 0.4) is 0 Å². The predicted molar refractivity (Wildman–Crippen MR) is 186 cm³/mol. The van der Waals surface area contributed by atoms with Gasteiger partial charge < -0.3 is 25.4 Å². The maximum absolute atomic E-state index is 15.5. The summed E-state index contributed by atoms with van der Waals surface area (Å²) in [7, 11) is -3.53. The summed E-state index contributed by atoms with van der Waals surface area (Å²) in [6.45, 7) is 10.4. The Morgan fingerprint density at radius 2 is 1.85 bits per heavy atom. The highest BCUT2D eigenvalue weighted by Crippen LogP contribution is 2.39. The smallest absolute Gasteiger partial charge is 0.410 e. The van der Waals surface area contributed by atoms with Crippen LogP contribution in [0.2, 0.25) is 5.02 Å². The number of nitrogens with one attached hydrogen (secondary N) is 1. The van der Waals surface area contributed by atoms with E-state index in [-0.39, 0.29) is 61.4 Å². The molecule has 1 amide bonds. The Labute approximate surface area is 289 Å². The van der Waals surface area contributed by atoms with E-state index in [1.165, 1.54) is 10.5 Å². The van der Waals surface area contributed by atoms with Crippen molar-refractivity contribution in [2.24, 2.45) is 11.7 Å². The van der Waals surface area contributed by atoms with Crippen molar-refractivity contribution in [3.63, 3.8) is 0 Å². The van der Waals surface area contributed by atoms with E-state index in [4.69, 9.17) is 26.8 Å². The molecule has 2 aromatic rings. The average Bonchev–Trinajstić information content (AvgIpc) is 3.11. The Morgan fingerprint density at radius 3 is 2.52 bits per heavy atom. The highest BCUT2D eigenvalue weighted by molar-refractivity contribution is 7.89. The van der Waals surface area contributed by atoms with Gasteiger partial charge in [0.1, 0.15) is 11.4 Å². The lowest BCUT2D eigenvalue weighted by molar-refractivity contribution is -0.0582. The number of amides is 1. The quantitative estimate of drug-likeness (QED) is 0.328. The normalized spacial score (nSPS) is 28.6. The number of halogens is 2. The van der Waals surface area contributed by atoms with Gasteiger partial charge in [0, 0.05) is 54.3 Å². The number of rotatable bonds is 9. The molecular weight excluding hydrogens is 657 g/mol. The van der Waals surface area contributed by atoms with Crippen LogP contribution in [0, 0.1) is 11.7 Å². The number of pyridine rings is 1. The molecule has 5 rings (SSSR count). The molecule has 0 aliphatic carbocycles. The zero-order valence-electron chi connectivity index (χ0n) is 28.7. The maximum Gasteiger partial charge on any atom is 0.410 e. The summed E-state index contributed by atoms with van der Waals surface area (Å²) in [6.07, 6.45) is 5.89. The first-order valence-corrected chi connectivity index (χ1v) is 19.1. The molecule has 13 heteroatoms. The third-order valence-electron chi connectivity index (χ3n) is 9.79. The Kier molecular flexibility index (Phi) is 11.6. The number of hydrogen-bond acceptors (Lipinski definition) is 8. The highest BCUT2D eigenvalue weighted by Gasteiger charge is 2.44. The van der Waals surface area contributed by atoms with E-state index >= 15 is 4.39 Å². The summed E-state index contributed by atoms with van der Waals surface area (Å²) >= 11 is 6.22. The zero-order chi connectivity index (χ0) is 34.8. The molecule has 3 N–H and O–H groups in total. The second-order valence-electron chi connectivity index (χ2n) is 14.8. The maximum atomic E-state index is 15.5. The minimum atomic E-state index is -3.53. The summed E-state index contributed by atoms with van der Waals surface area (Å²) < 4.78 is 55.3.